The zero-order valence-corrected chi connectivity index (χ0v) is 13.9. The van der Waals surface area contributed by atoms with Crippen molar-refractivity contribution in [3.8, 4) is 0 Å². The first kappa shape index (κ1) is 16.0. The number of sulfonamides is 1. The van der Waals surface area contributed by atoms with Gasteiger partial charge in [-0.25, -0.2) is 8.42 Å². The van der Waals surface area contributed by atoms with Crippen LogP contribution in [0.3, 0.4) is 0 Å². The van der Waals surface area contributed by atoms with Gasteiger partial charge in [0.05, 0.1) is 4.90 Å². The highest BCUT2D eigenvalue weighted by molar-refractivity contribution is 9.10. The number of nitrogens with one attached hydrogen (secondary N) is 1. The van der Waals surface area contributed by atoms with E-state index in [4.69, 9.17) is 5.84 Å². The highest BCUT2D eigenvalue weighted by Gasteiger charge is 2.20. The lowest BCUT2D eigenvalue weighted by molar-refractivity contribution is 0.466. The van der Waals surface area contributed by atoms with E-state index < -0.39 is 10.0 Å². The van der Waals surface area contributed by atoms with Gasteiger partial charge in [-0.3, -0.25) is 5.84 Å². The van der Waals surface area contributed by atoms with E-state index in [0.29, 0.717) is 12.2 Å². The highest BCUT2D eigenvalue weighted by Crippen LogP contribution is 2.19. The highest BCUT2D eigenvalue weighted by atomic mass is 79.9. The van der Waals surface area contributed by atoms with E-state index in [9.17, 15) is 8.42 Å². The Labute approximate surface area is 132 Å². The number of hydrogen-bond donors (Lipinski definition) is 2. The molecule has 0 heterocycles. The molecule has 21 heavy (non-hydrogen) atoms. The van der Waals surface area contributed by atoms with E-state index in [0.717, 1.165) is 10.0 Å². The van der Waals surface area contributed by atoms with Gasteiger partial charge in [-0.2, -0.15) is 4.31 Å². The molecular weight excluding hydrogens is 354 g/mol. The quantitative estimate of drug-likeness (QED) is 0.627. The second-order valence-corrected chi connectivity index (χ2v) is 7.52. The Morgan fingerprint density at radius 3 is 2.19 bits per heavy atom. The van der Waals surface area contributed by atoms with Crippen LogP contribution in [-0.4, -0.2) is 19.8 Å². The summed E-state index contributed by atoms with van der Waals surface area (Å²) in [6.45, 7) is 0.312. The van der Waals surface area contributed by atoms with Crippen LogP contribution in [-0.2, 0) is 16.6 Å². The normalized spacial score (nSPS) is 11.6. The number of halogens is 1. The maximum absolute atomic E-state index is 12.5. The number of rotatable bonds is 5. The lowest BCUT2D eigenvalue weighted by Crippen LogP contribution is -2.26. The minimum absolute atomic E-state index is 0.237. The molecule has 0 fully saturated rings. The van der Waals surface area contributed by atoms with Gasteiger partial charge in [-0.1, -0.05) is 28.1 Å². The molecule has 0 atom stereocenters. The summed E-state index contributed by atoms with van der Waals surface area (Å²) in [6.07, 6.45) is 0. The fourth-order valence-electron chi connectivity index (χ4n) is 1.83. The first-order chi connectivity index (χ1) is 9.93. The molecule has 0 saturated carbocycles. The third-order valence-electron chi connectivity index (χ3n) is 3.05. The molecule has 0 aliphatic carbocycles. The van der Waals surface area contributed by atoms with Crippen molar-refractivity contribution in [1.29, 1.82) is 0 Å². The van der Waals surface area contributed by atoms with Crippen LogP contribution < -0.4 is 11.3 Å². The Morgan fingerprint density at radius 2 is 1.67 bits per heavy atom. The number of nitrogens with zero attached hydrogens (tertiary/aromatic N) is 1. The molecule has 0 saturated heterocycles. The second kappa shape index (κ2) is 6.57. The van der Waals surface area contributed by atoms with Crippen LogP contribution in [0.2, 0.25) is 0 Å². The first-order valence-corrected chi connectivity index (χ1v) is 8.44. The van der Waals surface area contributed by atoms with Crippen LogP contribution in [0.25, 0.3) is 0 Å². The average molecular weight is 370 g/mol. The molecule has 0 bridgehead atoms. The van der Waals surface area contributed by atoms with E-state index in [2.05, 4.69) is 21.4 Å². The van der Waals surface area contributed by atoms with Gasteiger partial charge in [0.2, 0.25) is 10.0 Å². The Morgan fingerprint density at radius 1 is 1.10 bits per heavy atom. The van der Waals surface area contributed by atoms with Crippen LogP contribution in [0.1, 0.15) is 5.56 Å². The number of anilines is 1. The van der Waals surface area contributed by atoms with E-state index in [-0.39, 0.29) is 4.90 Å². The summed E-state index contributed by atoms with van der Waals surface area (Å²) in [7, 11) is -1.96. The van der Waals surface area contributed by atoms with Crippen molar-refractivity contribution >= 4 is 31.6 Å². The van der Waals surface area contributed by atoms with Gasteiger partial charge in [0.25, 0.3) is 0 Å². The molecule has 0 spiro atoms. The fourth-order valence-corrected chi connectivity index (χ4v) is 3.26. The lowest BCUT2D eigenvalue weighted by Gasteiger charge is -2.17. The third kappa shape index (κ3) is 3.82. The van der Waals surface area contributed by atoms with Crippen LogP contribution in [0.5, 0.6) is 0 Å². The number of hydrazine groups is 1. The summed E-state index contributed by atoms with van der Waals surface area (Å²) in [5.74, 6) is 5.27. The minimum atomic E-state index is -3.52. The van der Waals surface area contributed by atoms with Crippen LogP contribution >= 0.6 is 15.9 Å². The fraction of sp³-hybridized carbons (Fsp3) is 0.143. The van der Waals surface area contributed by atoms with Gasteiger partial charge >= 0.3 is 0 Å². The summed E-state index contributed by atoms with van der Waals surface area (Å²) in [5.41, 5.74) is 4.04. The van der Waals surface area contributed by atoms with Crippen molar-refractivity contribution < 1.29 is 8.42 Å². The van der Waals surface area contributed by atoms with Gasteiger partial charge in [0.1, 0.15) is 0 Å². The first-order valence-electron chi connectivity index (χ1n) is 6.21. The minimum Gasteiger partial charge on any atom is -0.324 e. The van der Waals surface area contributed by atoms with E-state index in [1.807, 2.05) is 24.3 Å². The summed E-state index contributed by atoms with van der Waals surface area (Å²) >= 11 is 3.35. The molecule has 7 heteroatoms. The van der Waals surface area contributed by atoms with Gasteiger partial charge in [0.15, 0.2) is 0 Å². The largest absolute Gasteiger partial charge is 0.324 e. The molecule has 0 radical (unpaired) electrons. The summed E-state index contributed by atoms with van der Waals surface area (Å²) in [6, 6.07) is 13.9. The van der Waals surface area contributed by atoms with Crippen LogP contribution in [0.15, 0.2) is 57.9 Å². The van der Waals surface area contributed by atoms with Crippen molar-refractivity contribution in [3.63, 3.8) is 0 Å². The number of benzene rings is 2. The summed E-state index contributed by atoms with van der Waals surface area (Å²) in [4.78, 5) is 0.237. The van der Waals surface area contributed by atoms with Gasteiger partial charge in [-0.05, 0) is 42.0 Å². The smallest absolute Gasteiger partial charge is 0.243 e. The molecular formula is C14H16BrN3O2S. The molecule has 2 aromatic rings. The monoisotopic (exact) mass is 369 g/mol. The predicted octanol–water partition coefficient (Wildman–Crippen LogP) is 2.56. The molecule has 2 aromatic carbocycles. The number of nitrogens with two attached hydrogens (primary N) is 1. The number of hydrogen-bond acceptors (Lipinski definition) is 4. The van der Waals surface area contributed by atoms with Crippen LogP contribution in [0.4, 0.5) is 5.69 Å². The SMILES string of the molecule is CN(Cc1ccc(Br)cc1)S(=O)(=O)c1ccc(NN)cc1. The van der Waals surface area contributed by atoms with Gasteiger partial charge < -0.3 is 5.43 Å². The van der Waals surface area contributed by atoms with E-state index >= 15 is 0 Å². The standard InChI is InChI=1S/C14H16BrN3O2S/c1-18(10-11-2-4-12(15)5-3-11)21(19,20)14-8-6-13(17-16)7-9-14/h2-9,17H,10,16H2,1H3. The molecule has 112 valence electrons. The molecule has 0 aliphatic rings. The molecule has 5 nitrogen and oxygen atoms in total. The topological polar surface area (TPSA) is 75.4 Å². The van der Waals surface area contributed by atoms with E-state index in [1.54, 1.807) is 19.2 Å². The molecule has 0 aromatic heterocycles. The van der Waals surface area contributed by atoms with Crippen molar-refractivity contribution in [2.75, 3.05) is 12.5 Å². The molecule has 2 rings (SSSR count). The number of nitrogen functional groups attached to an aromatic ring is 1. The summed E-state index contributed by atoms with van der Waals surface area (Å²) < 4.78 is 27.2. The Bertz CT molecular complexity index is 700. The summed E-state index contributed by atoms with van der Waals surface area (Å²) in [5, 5.41) is 0. The molecule has 0 unspecified atom stereocenters. The lowest BCUT2D eigenvalue weighted by atomic mass is 10.2. The van der Waals surface area contributed by atoms with Crippen molar-refractivity contribution in [3.05, 3.63) is 58.6 Å². The molecule has 3 N–H and O–H groups in total. The van der Waals surface area contributed by atoms with Crippen LogP contribution in [0, 0.1) is 0 Å². The molecule has 0 amide bonds. The van der Waals surface area contributed by atoms with Crippen molar-refractivity contribution in [2.45, 2.75) is 11.4 Å². The maximum Gasteiger partial charge on any atom is 0.243 e. The Hall–Kier alpha value is -1.41. The Kier molecular flexibility index (Phi) is 5.00. The third-order valence-corrected chi connectivity index (χ3v) is 5.39. The van der Waals surface area contributed by atoms with Crippen molar-refractivity contribution in [2.24, 2.45) is 5.84 Å². The van der Waals surface area contributed by atoms with E-state index in [1.165, 1.54) is 16.4 Å². The molecule has 0 aliphatic heterocycles. The zero-order chi connectivity index (χ0) is 15.5. The zero-order valence-electron chi connectivity index (χ0n) is 11.5. The Balaban J connectivity index is 2.19. The average Bonchev–Trinajstić information content (AvgIpc) is 2.49. The second-order valence-electron chi connectivity index (χ2n) is 4.56. The van der Waals surface area contributed by atoms with Gasteiger partial charge in [-0.15, -0.1) is 0 Å². The predicted molar refractivity (Wildman–Crippen MR) is 87.0 cm³/mol. The van der Waals surface area contributed by atoms with Gasteiger partial charge in [0, 0.05) is 23.8 Å². The maximum atomic E-state index is 12.5. The van der Waals surface area contributed by atoms with Crippen molar-refractivity contribution in [1.82, 2.24) is 4.31 Å².